The summed E-state index contributed by atoms with van der Waals surface area (Å²) in [5, 5.41) is -2.01. The Bertz CT molecular complexity index is 376. The summed E-state index contributed by atoms with van der Waals surface area (Å²) in [4.78, 5) is 0. The van der Waals surface area contributed by atoms with Crippen LogP contribution < -0.4 is 0 Å². The molecule has 0 aliphatic rings. The Hall–Kier alpha value is -0.770. The molecular weight excluding hydrogens is 244 g/mol. The molecule has 0 aliphatic carbocycles. The molecule has 1 unspecified atom stereocenters. The van der Waals surface area contributed by atoms with Crippen molar-refractivity contribution in [3.05, 3.63) is 34.9 Å². The monoisotopic (exact) mass is 254 g/mol. The van der Waals surface area contributed by atoms with Gasteiger partial charge in [-0.3, -0.25) is 0 Å². The van der Waals surface area contributed by atoms with E-state index in [4.69, 9.17) is 11.6 Å². The maximum absolute atomic E-state index is 13.0. The molecule has 0 saturated heterocycles. The second kappa shape index (κ2) is 4.62. The Morgan fingerprint density at radius 2 is 1.75 bits per heavy atom. The normalized spacial score (nSPS) is 14.2. The van der Waals surface area contributed by atoms with Crippen LogP contribution in [0.25, 0.3) is 0 Å². The minimum Gasteiger partial charge on any atom is -0.204 e. The smallest absolute Gasteiger partial charge is 0.204 e. The fraction of sp³-hybridized carbons (Fsp3) is 0.455. The van der Waals surface area contributed by atoms with Crippen LogP contribution in [0.5, 0.6) is 0 Å². The lowest BCUT2D eigenvalue weighted by molar-refractivity contribution is -0.130. The molecule has 0 saturated carbocycles. The molecule has 0 bridgehead atoms. The average Bonchev–Trinajstić information content (AvgIpc) is 2.16. The Morgan fingerprint density at radius 1 is 1.19 bits per heavy atom. The van der Waals surface area contributed by atoms with Crippen LogP contribution in [0, 0.1) is 13.8 Å². The highest BCUT2D eigenvalue weighted by Gasteiger charge is 2.48. The molecule has 0 nitrogen and oxygen atoms in total. The fourth-order valence-electron chi connectivity index (χ4n) is 1.43. The first kappa shape index (κ1) is 13.3. The average molecular weight is 255 g/mol. The van der Waals surface area contributed by atoms with Gasteiger partial charge in [-0.2, -0.15) is 8.78 Å². The van der Waals surface area contributed by atoms with Crippen LogP contribution in [0.4, 0.5) is 17.6 Å². The number of rotatable bonds is 3. The fourth-order valence-corrected chi connectivity index (χ4v) is 1.77. The molecule has 0 N–H and O–H groups in total. The third-order valence-corrected chi connectivity index (χ3v) is 2.85. The van der Waals surface area contributed by atoms with Crippen molar-refractivity contribution in [3.8, 4) is 0 Å². The summed E-state index contributed by atoms with van der Waals surface area (Å²) in [7, 11) is 0. The molecule has 0 fully saturated rings. The lowest BCUT2D eigenvalue weighted by atomic mass is 9.99. The van der Waals surface area contributed by atoms with Crippen molar-refractivity contribution in [3.63, 3.8) is 0 Å². The van der Waals surface area contributed by atoms with Gasteiger partial charge in [0.15, 0.2) is 0 Å². The van der Waals surface area contributed by atoms with Gasteiger partial charge in [-0.1, -0.05) is 23.8 Å². The summed E-state index contributed by atoms with van der Waals surface area (Å²) in [5.41, 5.74) is 1.39. The van der Waals surface area contributed by atoms with Gasteiger partial charge in [0.2, 0.25) is 0 Å². The van der Waals surface area contributed by atoms with E-state index in [-0.39, 0.29) is 5.56 Å². The van der Waals surface area contributed by atoms with E-state index in [1.165, 1.54) is 6.07 Å². The molecule has 0 radical (unpaired) electrons. The molecule has 5 heteroatoms. The van der Waals surface area contributed by atoms with Gasteiger partial charge in [-0.15, -0.1) is 11.6 Å². The summed E-state index contributed by atoms with van der Waals surface area (Å²) in [6, 6.07) is 4.56. The zero-order valence-corrected chi connectivity index (χ0v) is 9.53. The maximum atomic E-state index is 13.0. The molecule has 0 spiro atoms. The van der Waals surface area contributed by atoms with Gasteiger partial charge >= 0.3 is 12.3 Å². The molecule has 16 heavy (non-hydrogen) atoms. The zero-order chi connectivity index (χ0) is 12.5. The molecule has 0 amide bonds. The predicted octanol–water partition coefficient (Wildman–Crippen LogP) is 4.48. The van der Waals surface area contributed by atoms with Crippen LogP contribution in [0.3, 0.4) is 0 Å². The van der Waals surface area contributed by atoms with Gasteiger partial charge in [0.05, 0.1) is 0 Å². The highest BCUT2D eigenvalue weighted by atomic mass is 35.5. The van der Waals surface area contributed by atoms with Gasteiger partial charge in [-0.05, 0) is 25.0 Å². The van der Waals surface area contributed by atoms with E-state index >= 15 is 0 Å². The molecule has 1 atom stereocenters. The van der Waals surface area contributed by atoms with Crippen LogP contribution in [0.1, 0.15) is 22.1 Å². The summed E-state index contributed by atoms with van der Waals surface area (Å²) >= 11 is 5.42. The third kappa shape index (κ3) is 2.48. The van der Waals surface area contributed by atoms with Gasteiger partial charge in [0.25, 0.3) is 0 Å². The Kier molecular flexibility index (Phi) is 3.84. The first-order valence-electron chi connectivity index (χ1n) is 4.64. The molecule has 1 rings (SSSR count). The Balaban J connectivity index is 3.10. The van der Waals surface area contributed by atoms with Crippen LogP contribution in [0.15, 0.2) is 18.2 Å². The van der Waals surface area contributed by atoms with Crippen LogP contribution in [-0.4, -0.2) is 12.3 Å². The Labute approximate surface area is 96.2 Å². The molecule has 90 valence electrons. The first-order chi connectivity index (χ1) is 7.26. The second-order valence-electron chi connectivity index (χ2n) is 3.70. The number of hydrogen-bond donors (Lipinski definition) is 0. The minimum absolute atomic E-state index is 0.0394. The topological polar surface area (TPSA) is 0 Å². The van der Waals surface area contributed by atoms with Gasteiger partial charge in [0, 0.05) is 0 Å². The largest absolute Gasteiger partial charge is 0.327 e. The number of hydrogen-bond acceptors (Lipinski definition) is 0. The quantitative estimate of drug-likeness (QED) is 0.551. The summed E-state index contributed by atoms with van der Waals surface area (Å²) < 4.78 is 50.3. The zero-order valence-electron chi connectivity index (χ0n) is 8.78. The molecule has 0 heterocycles. The van der Waals surface area contributed by atoms with Crippen molar-refractivity contribution >= 4 is 11.6 Å². The predicted molar refractivity (Wildman–Crippen MR) is 55.5 cm³/mol. The molecule has 0 aliphatic heterocycles. The van der Waals surface area contributed by atoms with Crippen molar-refractivity contribution < 1.29 is 17.6 Å². The van der Waals surface area contributed by atoms with E-state index in [0.29, 0.717) is 5.56 Å². The van der Waals surface area contributed by atoms with Crippen LogP contribution >= 0.6 is 11.6 Å². The minimum atomic E-state index is -4.22. The van der Waals surface area contributed by atoms with Crippen molar-refractivity contribution in [1.82, 2.24) is 0 Å². The molecule has 1 aromatic rings. The second-order valence-corrected chi connectivity index (χ2v) is 4.13. The summed E-state index contributed by atoms with van der Waals surface area (Å²) in [6.07, 6.45) is -3.77. The van der Waals surface area contributed by atoms with Crippen molar-refractivity contribution in [1.29, 1.82) is 0 Å². The number of halogens is 5. The molecule has 0 aromatic heterocycles. The van der Waals surface area contributed by atoms with Gasteiger partial charge < -0.3 is 0 Å². The lowest BCUT2D eigenvalue weighted by Crippen LogP contribution is -2.31. The van der Waals surface area contributed by atoms with Crippen molar-refractivity contribution in [2.45, 2.75) is 31.6 Å². The van der Waals surface area contributed by atoms with E-state index in [0.717, 1.165) is 5.56 Å². The Morgan fingerprint density at radius 3 is 2.19 bits per heavy atom. The number of benzene rings is 1. The van der Waals surface area contributed by atoms with Crippen LogP contribution in [0.2, 0.25) is 0 Å². The third-order valence-electron chi connectivity index (χ3n) is 2.33. The standard InChI is InChI=1S/C11H11ClF4/c1-6-3-4-8(7(2)5-6)9(12)11(15,16)10(13)14/h3-5,9-10H,1-2H3. The molecule has 1 aromatic carbocycles. The van der Waals surface area contributed by atoms with E-state index < -0.39 is 17.7 Å². The van der Waals surface area contributed by atoms with Crippen molar-refractivity contribution in [2.24, 2.45) is 0 Å². The summed E-state index contributed by atoms with van der Waals surface area (Å²) in [6.45, 7) is 3.35. The first-order valence-corrected chi connectivity index (χ1v) is 5.07. The van der Waals surface area contributed by atoms with E-state index in [2.05, 4.69) is 0 Å². The van der Waals surface area contributed by atoms with E-state index in [9.17, 15) is 17.6 Å². The van der Waals surface area contributed by atoms with Crippen LogP contribution in [-0.2, 0) is 0 Å². The number of aryl methyl sites for hydroxylation is 2. The SMILES string of the molecule is Cc1ccc(C(Cl)C(F)(F)C(F)F)c(C)c1. The van der Waals surface area contributed by atoms with Gasteiger partial charge in [0.1, 0.15) is 5.38 Å². The van der Waals surface area contributed by atoms with E-state index in [1.807, 2.05) is 0 Å². The summed E-state index contributed by atoms with van der Waals surface area (Å²) in [5.74, 6) is -4.22. The number of alkyl halides is 5. The lowest BCUT2D eigenvalue weighted by Gasteiger charge is -2.22. The van der Waals surface area contributed by atoms with E-state index in [1.54, 1.807) is 26.0 Å². The maximum Gasteiger partial charge on any atom is 0.327 e. The van der Waals surface area contributed by atoms with Crippen molar-refractivity contribution in [2.75, 3.05) is 0 Å². The molecular formula is C11H11ClF4. The highest BCUT2D eigenvalue weighted by molar-refractivity contribution is 6.21. The highest BCUT2D eigenvalue weighted by Crippen LogP contribution is 2.42. The van der Waals surface area contributed by atoms with Gasteiger partial charge in [-0.25, -0.2) is 8.78 Å².